The number of hydrogen-bond donors (Lipinski definition) is 1. The third-order valence-electron chi connectivity index (χ3n) is 2.46. The number of nitrogens with zero attached hydrogens (tertiary/aromatic N) is 1. The molecule has 108 valence electrons. The molecule has 21 heavy (non-hydrogen) atoms. The lowest BCUT2D eigenvalue weighted by Gasteiger charge is -2.01. The largest absolute Gasteiger partial charge is 0.272 e. The van der Waals surface area contributed by atoms with Crippen molar-refractivity contribution in [3.63, 3.8) is 0 Å². The Kier molecular flexibility index (Phi) is 5.78. The summed E-state index contributed by atoms with van der Waals surface area (Å²) in [4.78, 5) is 12.6. The molecule has 0 aliphatic heterocycles. The zero-order chi connectivity index (χ0) is 15.1. The molecule has 0 spiro atoms. The number of rotatable bonds is 5. The number of benzene rings is 2. The summed E-state index contributed by atoms with van der Waals surface area (Å²) in [7, 11) is 0. The van der Waals surface area contributed by atoms with Crippen molar-refractivity contribution in [2.75, 3.05) is 5.75 Å². The minimum absolute atomic E-state index is 0.215. The van der Waals surface area contributed by atoms with Crippen LogP contribution in [0.5, 0.6) is 0 Å². The quantitative estimate of drug-likeness (QED) is 0.518. The minimum atomic E-state index is -0.310. The molecule has 1 N–H and O–H groups in total. The molecule has 1 amide bonds. The van der Waals surface area contributed by atoms with Crippen LogP contribution >= 0.6 is 23.4 Å². The molecule has 6 heteroatoms. The van der Waals surface area contributed by atoms with Crippen molar-refractivity contribution in [2.24, 2.45) is 5.10 Å². The summed E-state index contributed by atoms with van der Waals surface area (Å²) in [6, 6.07) is 13.1. The molecule has 0 bridgehead atoms. The number of amides is 1. The van der Waals surface area contributed by atoms with Gasteiger partial charge in [0.15, 0.2) is 0 Å². The van der Waals surface area contributed by atoms with Crippen molar-refractivity contribution in [2.45, 2.75) is 4.90 Å². The van der Waals surface area contributed by atoms with Gasteiger partial charge in [0.1, 0.15) is 5.82 Å². The predicted molar refractivity (Wildman–Crippen MR) is 84.3 cm³/mol. The van der Waals surface area contributed by atoms with Gasteiger partial charge in [-0.2, -0.15) is 5.10 Å². The Balaban J connectivity index is 1.77. The van der Waals surface area contributed by atoms with Crippen LogP contribution in [0.2, 0.25) is 5.02 Å². The van der Waals surface area contributed by atoms with Gasteiger partial charge >= 0.3 is 0 Å². The summed E-state index contributed by atoms with van der Waals surface area (Å²) in [6.45, 7) is 0. The van der Waals surface area contributed by atoms with E-state index in [1.165, 1.54) is 30.1 Å². The summed E-state index contributed by atoms with van der Waals surface area (Å²) in [5.41, 5.74) is 3.13. The van der Waals surface area contributed by atoms with Gasteiger partial charge in [-0.15, -0.1) is 11.8 Å². The van der Waals surface area contributed by atoms with Crippen molar-refractivity contribution >= 4 is 35.5 Å². The van der Waals surface area contributed by atoms with Crippen LogP contribution in [0.4, 0.5) is 4.39 Å². The third kappa shape index (κ3) is 5.57. The first-order chi connectivity index (χ1) is 10.1. The number of carbonyl (C=O) groups excluding carboxylic acids is 1. The van der Waals surface area contributed by atoms with Gasteiger partial charge in [-0.05, 0) is 42.0 Å². The van der Waals surface area contributed by atoms with Crippen molar-refractivity contribution in [1.29, 1.82) is 0 Å². The van der Waals surface area contributed by atoms with E-state index in [9.17, 15) is 9.18 Å². The summed E-state index contributed by atoms with van der Waals surface area (Å²) < 4.78 is 12.7. The van der Waals surface area contributed by atoms with Crippen molar-refractivity contribution in [3.8, 4) is 0 Å². The minimum Gasteiger partial charge on any atom is -0.272 e. The first kappa shape index (κ1) is 15.5. The van der Waals surface area contributed by atoms with Crippen LogP contribution in [-0.4, -0.2) is 17.9 Å². The average Bonchev–Trinajstić information content (AvgIpc) is 2.49. The fourth-order valence-electron chi connectivity index (χ4n) is 1.44. The lowest BCUT2D eigenvalue weighted by atomic mass is 10.2. The summed E-state index contributed by atoms with van der Waals surface area (Å²) in [5.74, 6) is -0.272. The SMILES string of the molecule is O=C(CSc1ccc(Cl)cc1)N/N=C\c1ccc(F)cc1. The molecule has 0 radical (unpaired) electrons. The molecule has 0 fully saturated rings. The van der Waals surface area contributed by atoms with Gasteiger partial charge in [0, 0.05) is 9.92 Å². The van der Waals surface area contributed by atoms with Gasteiger partial charge in [0.25, 0.3) is 0 Å². The number of carbonyl (C=O) groups is 1. The normalized spacial score (nSPS) is 10.8. The molecule has 0 unspecified atom stereocenters. The average molecular weight is 323 g/mol. The zero-order valence-electron chi connectivity index (χ0n) is 10.9. The van der Waals surface area contributed by atoms with Gasteiger partial charge < -0.3 is 0 Å². The second-order valence-electron chi connectivity index (χ2n) is 4.09. The van der Waals surface area contributed by atoms with Crippen LogP contribution in [0, 0.1) is 5.82 Å². The van der Waals surface area contributed by atoms with Gasteiger partial charge in [-0.25, -0.2) is 9.82 Å². The van der Waals surface area contributed by atoms with Crippen LogP contribution in [0.1, 0.15) is 5.56 Å². The van der Waals surface area contributed by atoms with E-state index in [-0.39, 0.29) is 17.5 Å². The Hall–Kier alpha value is -1.85. The maximum Gasteiger partial charge on any atom is 0.250 e. The second-order valence-corrected chi connectivity index (χ2v) is 5.57. The fourth-order valence-corrected chi connectivity index (χ4v) is 2.26. The smallest absolute Gasteiger partial charge is 0.250 e. The fraction of sp³-hybridized carbons (Fsp3) is 0.0667. The molecular formula is C15H12ClFN2OS. The summed E-state index contributed by atoms with van der Waals surface area (Å²) in [5, 5.41) is 4.48. The van der Waals surface area contributed by atoms with Gasteiger partial charge in [-0.1, -0.05) is 23.7 Å². The molecule has 0 aliphatic carbocycles. The number of nitrogens with one attached hydrogen (secondary N) is 1. The van der Waals surface area contributed by atoms with Crippen molar-refractivity contribution in [1.82, 2.24) is 5.43 Å². The van der Waals surface area contributed by atoms with Crippen LogP contribution in [0.25, 0.3) is 0 Å². The Bertz CT molecular complexity index is 629. The van der Waals surface area contributed by atoms with Crippen LogP contribution in [-0.2, 0) is 4.79 Å². The summed E-state index contributed by atoms with van der Waals surface area (Å²) in [6.07, 6.45) is 1.46. The van der Waals surface area contributed by atoms with E-state index < -0.39 is 0 Å². The Morgan fingerprint density at radius 2 is 1.86 bits per heavy atom. The molecular weight excluding hydrogens is 311 g/mol. The topological polar surface area (TPSA) is 41.5 Å². The van der Waals surface area contributed by atoms with Crippen molar-refractivity contribution in [3.05, 3.63) is 64.9 Å². The molecule has 2 aromatic carbocycles. The van der Waals surface area contributed by atoms with E-state index in [4.69, 9.17) is 11.6 Å². The van der Waals surface area contributed by atoms with E-state index >= 15 is 0 Å². The standard InChI is InChI=1S/C15H12ClFN2OS/c16-12-3-7-14(8-4-12)21-10-15(20)19-18-9-11-1-5-13(17)6-2-11/h1-9H,10H2,(H,19,20)/b18-9-. The highest BCUT2D eigenvalue weighted by molar-refractivity contribution is 8.00. The van der Waals surface area contributed by atoms with Crippen molar-refractivity contribution < 1.29 is 9.18 Å². The second kappa shape index (κ2) is 7.81. The lowest BCUT2D eigenvalue weighted by molar-refractivity contribution is -0.118. The zero-order valence-corrected chi connectivity index (χ0v) is 12.5. The predicted octanol–water partition coefficient (Wildman–Crippen LogP) is 3.72. The van der Waals surface area contributed by atoms with Crippen LogP contribution in [0.3, 0.4) is 0 Å². The Morgan fingerprint density at radius 3 is 2.52 bits per heavy atom. The number of halogens is 2. The first-order valence-electron chi connectivity index (χ1n) is 6.09. The highest BCUT2D eigenvalue weighted by Crippen LogP contribution is 2.19. The third-order valence-corrected chi connectivity index (χ3v) is 3.72. The number of hydrazone groups is 1. The molecule has 2 aromatic rings. The maximum atomic E-state index is 12.7. The first-order valence-corrected chi connectivity index (χ1v) is 7.46. The molecule has 0 aromatic heterocycles. The summed E-state index contributed by atoms with van der Waals surface area (Å²) >= 11 is 7.17. The van der Waals surface area contributed by atoms with E-state index in [2.05, 4.69) is 10.5 Å². The molecule has 0 saturated carbocycles. The highest BCUT2D eigenvalue weighted by atomic mass is 35.5. The molecule has 0 heterocycles. The van der Waals surface area contributed by atoms with E-state index in [0.29, 0.717) is 10.6 Å². The number of hydrogen-bond acceptors (Lipinski definition) is 3. The molecule has 0 aliphatic rings. The molecule has 3 nitrogen and oxygen atoms in total. The maximum absolute atomic E-state index is 12.7. The van der Waals surface area contributed by atoms with Gasteiger partial charge in [0.2, 0.25) is 5.91 Å². The number of thioether (sulfide) groups is 1. The Morgan fingerprint density at radius 1 is 1.19 bits per heavy atom. The molecule has 2 rings (SSSR count). The van der Waals surface area contributed by atoms with E-state index in [1.807, 2.05) is 12.1 Å². The van der Waals surface area contributed by atoms with Gasteiger partial charge in [-0.3, -0.25) is 4.79 Å². The monoisotopic (exact) mass is 322 g/mol. The molecule has 0 saturated heterocycles. The highest BCUT2D eigenvalue weighted by Gasteiger charge is 2.01. The van der Waals surface area contributed by atoms with Crippen LogP contribution < -0.4 is 5.43 Å². The van der Waals surface area contributed by atoms with E-state index in [0.717, 1.165) is 4.90 Å². The van der Waals surface area contributed by atoms with Crippen LogP contribution in [0.15, 0.2) is 58.5 Å². The van der Waals surface area contributed by atoms with Gasteiger partial charge in [0.05, 0.1) is 12.0 Å². The lowest BCUT2D eigenvalue weighted by Crippen LogP contribution is -2.19. The van der Waals surface area contributed by atoms with E-state index in [1.54, 1.807) is 24.3 Å². The Labute approximate surface area is 131 Å². The molecule has 0 atom stereocenters.